The largest absolute Gasteiger partial charge is 0.405 e. The van der Waals surface area contributed by atoms with Gasteiger partial charge in [0.25, 0.3) is 0 Å². The van der Waals surface area contributed by atoms with Gasteiger partial charge in [-0.25, -0.2) is 0 Å². The number of nitrogens with zero attached hydrogens (tertiary/aromatic N) is 1. The number of nitriles is 1. The lowest BCUT2D eigenvalue weighted by Gasteiger charge is -2.12. The number of alkyl halides is 3. The lowest BCUT2D eigenvalue weighted by Crippen LogP contribution is -2.23. The summed E-state index contributed by atoms with van der Waals surface area (Å²) in [6, 6.07) is 7.84. The predicted octanol–water partition coefficient (Wildman–Crippen LogP) is 4.13. The van der Waals surface area contributed by atoms with Crippen LogP contribution >= 0.6 is 23.4 Å². The SMILES string of the molecule is N#CC(CSc1ccccc1Cl)C(F)(F)F. The van der Waals surface area contributed by atoms with Gasteiger partial charge in [0.2, 0.25) is 0 Å². The molecule has 0 fully saturated rings. The summed E-state index contributed by atoms with van der Waals surface area (Å²) in [5, 5.41) is 8.79. The zero-order chi connectivity index (χ0) is 12.2. The van der Waals surface area contributed by atoms with E-state index in [4.69, 9.17) is 16.9 Å². The van der Waals surface area contributed by atoms with Crippen molar-refractivity contribution in [3.05, 3.63) is 29.3 Å². The molecule has 0 aliphatic carbocycles. The molecule has 0 aromatic heterocycles. The Kier molecular flexibility index (Phi) is 4.51. The highest BCUT2D eigenvalue weighted by atomic mass is 35.5. The Morgan fingerprint density at radius 2 is 2.00 bits per heavy atom. The average Bonchev–Trinajstić information content (AvgIpc) is 2.19. The minimum Gasteiger partial charge on any atom is -0.198 e. The van der Waals surface area contributed by atoms with Crippen molar-refractivity contribution in [3.63, 3.8) is 0 Å². The first kappa shape index (κ1) is 13.2. The fourth-order valence-electron chi connectivity index (χ4n) is 0.940. The molecule has 0 aliphatic rings. The van der Waals surface area contributed by atoms with Gasteiger partial charge in [-0.2, -0.15) is 18.4 Å². The first-order valence-corrected chi connectivity index (χ1v) is 5.65. The highest BCUT2D eigenvalue weighted by Gasteiger charge is 2.39. The Bertz CT molecular complexity index is 400. The van der Waals surface area contributed by atoms with Gasteiger partial charge < -0.3 is 0 Å². The van der Waals surface area contributed by atoms with Crippen LogP contribution in [0.1, 0.15) is 0 Å². The first-order valence-electron chi connectivity index (χ1n) is 4.29. The first-order chi connectivity index (χ1) is 7.45. The molecule has 1 aromatic rings. The Labute approximate surface area is 100 Å². The van der Waals surface area contributed by atoms with Crippen molar-refractivity contribution in [2.24, 2.45) is 5.92 Å². The van der Waals surface area contributed by atoms with Crippen LogP contribution < -0.4 is 0 Å². The Morgan fingerprint density at radius 3 is 2.50 bits per heavy atom. The van der Waals surface area contributed by atoms with E-state index in [2.05, 4.69) is 0 Å². The van der Waals surface area contributed by atoms with Gasteiger partial charge in [-0.05, 0) is 12.1 Å². The zero-order valence-corrected chi connectivity index (χ0v) is 9.53. The molecule has 0 spiro atoms. The quantitative estimate of drug-likeness (QED) is 0.767. The maximum absolute atomic E-state index is 12.3. The van der Waals surface area contributed by atoms with Crippen molar-refractivity contribution >= 4 is 23.4 Å². The number of hydrogen-bond donors (Lipinski definition) is 0. The van der Waals surface area contributed by atoms with E-state index in [0.717, 1.165) is 11.8 Å². The van der Waals surface area contributed by atoms with Crippen LogP contribution in [-0.4, -0.2) is 11.9 Å². The summed E-state index contributed by atoms with van der Waals surface area (Å²) < 4.78 is 36.8. The van der Waals surface area contributed by atoms with Crippen molar-refractivity contribution in [1.82, 2.24) is 0 Å². The second kappa shape index (κ2) is 5.46. The molecule has 0 aliphatic heterocycles. The number of benzene rings is 1. The maximum atomic E-state index is 12.3. The normalized spacial score (nSPS) is 13.2. The molecule has 0 bridgehead atoms. The second-order valence-electron chi connectivity index (χ2n) is 2.96. The molecule has 1 atom stereocenters. The second-order valence-corrected chi connectivity index (χ2v) is 4.43. The van der Waals surface area contributed by atoms with E-state index in [0.29, 0.717) is 9.92 Å². The molecule has 0 amide bonds. The van der Waals surface area contributed by atoms with E-state index < -0.39 is 12.1 Å². The molecule has 6 heteroatoms. The summed E-state index contributed by atoms with van der Waals surface area (Å²) in [5.74, 6) is -2.31. The molecule has 1 unspecified atom stereocenters. The van der Waals surface area contributed by atoms with E-state index in [1.165, 1.54) is 6.07 Å². The monoisotopic (exact) mass is 265 g/mol. The summed E-state index contributed by atoms with van der Waals surface area (Å²) in [7, 11) is 0. The standard InChI is InChI=1S/C10H7ClF3NS/c11-8-3-1-2-4-9(8)16-6-7(5-15)10(12,13)14/h1-4,7H,6H2. The molecule has 0 saturated heterocycles. The van der Waals surface area contributed by atoms with Gasteiger partial charge >= 0.3 is 6.18 Å². The zero-order valence-electron chi connectivity index (χ0n) is 7.96. The molecule has 1 aromatic carbocycles. The van der Waals surface area contributed by atoms with Gasteiger partial charge in [0.1, 0.15) is 0 Å². The Hall–Kier alpha value is -0.860. The lowest BCUT2D eigenvalue weighted by atomic mass is 10.2. The van der Waals surface area contributed by atoms with Crippen LogP contribution in [0.3, 0.4) is 0 Å². The van der Waals surface area contributed by atoms with Crippen LogP contribution in [0.2, 0.25) is 5.02 Å². The van der Waals surface area contributed by atoms with E-state index in [1.54, 1.807) is 24.3 Å². The van der Waals surface area contributed by atoms with Gasteiger partial charge in [-0.3, -0.25) is 0 Å². The lowest BCUT2D eigenvalue weighted by molar-refractivity contribution is -0.152. The predicted molar refractivity (Wildman–Crippen MR) is 57.3 cm³/mol. The highest BCUT2D eigenvalue weighted by molar-refractivity contribution is 7.99. The molecule has 0 saturated carbocycles. The van der Waals surface area contributed by atoms with Gasteiger partial charge in [0.05, 0.1) is 11.1 Å². The number of thioether (sulfide) groups is 1. The third-order valence-electron chi connectivity index (χ3n) is 1.79. The number of halogens is 4. The summed E-state index contributed by atoms with van der Waals surface area (Å²) in [6.07, 6.45) is -4.48. The van der Waals surface area contributed by atoms with Crippen molar-refractivity contribution in [3.8, 4) is 6.07 Å². The third kappa shape index (κ3) is 3.62. The summed E-state index contributed by atoms with van der Waals surface area (Å²) >= 11 is 6.71. The van der Waals surface area contributed by atoms with Crippen LogP contribution in [0.25, 0.3) is 0 Å². The van der Waals surface area contributed by atoms with Gasteiger partial charge in [-0.15, -0.1) is 11.8 Å². The minimum absolute atomic E-state index is 0.344. The Morgan fingerprint density at radius 1 is 1.38 bits per heavy atom. The maximum Gasteiger partial charge on any atom is 0.405 e. The molecule has 0 N–H and O–H groups in total. The highest BCUT2D eigenvalue weighted by Crippen LogP contribution is 2.33. The summed E-state index contributed by atoms with van der Waals surface area (Å²) in [4.78, 5) is 0.550. The topological polar surface area (TPSA) is 23.8 Å². The number of hydrogen-bond acceptors (Lipinski definition) is 2. The van der Waals surface area contributed by atoms with Gasteiger partial charge in [-0.1, -0.05) is 23.7 Å². The summed E-state index contributed by atoms with van der Waals surface area (Å²) in [6.45, 7) is 0. The van der Waals surface area contributed by atoms with Crippen LogP contribution in [0, 0.1) is 17.2 Å². The molecule has 1 nitrogen and oxygen atoms in total. The smallest absolute Gasteiger partial charge is 0.198 e. The minimum atomic E-state index is -4.48. The van der Waals surface area contributed by atoms with Crippen molar-refractivity contribution in [2.45, 2.75) is 11.1 Å². The summed E-state index contributed by atoms with van der Waals surface area (Å²) in [5.41, 5.74) is 0. The third-order valence-corrected chi connectivity index (χ3v) is 3.40. The van der Waals surface area contributed by atoms with Crippen molar-refractivity contribution in [2.75, 3.05) is 5.75 Å². The van der Waals surface area contributed by atoms with Crippen LogP contribution in [0.4, 0.5) is 13.2 Å². The van der Waals surface area contributed by atoms with Gasteiger partial charge in [0, 0.05) is 10.6 Å². The molecular weight excluding hydrogens is 259 g/mol. The van der Waals surface area contributed by atoms with Gasteiger partial charge in [0.15, 0.2) is 5.92 Å². The number of rotatable bonds is 3. The van der Waals surface area contributed by atoms with Crippen LogP contribution in [0.5, 0.6) is 0 Å². The average molecular weight is 266 g/mol. The fraction of sp³-hybridized carbons (Fsp3) is 0.300. The molecule has 0 heterocycles. The molecular formula is C10H7ClF3NS. The van der Waals surface area contributed by atoms with Crippen LogP contribution in [0.15, 0.2) is 29.2 Å². The van der Waals surface area contributed by atoms with E-state index in [1.807, 2.05) is 0 Å². The van der Waals surface area contributed by atoms with E-state index in [9.17, 15) is 13.2 Å². The molecule has 0 radical (unpaired) electrons. The van der Waals surface area contributed by atoms with Crippen molar-refractivity contribution < 1.29 is 13.2 Å². The fourth-order valence-corrected chi connectivity index (χ4v) is 2.23. The van der Waals surface area contributed by atoms with E-state index in [-0.39, 0.29) is 5.75 Å². The van der Waals surface area contributed by atoms with Crippen LogP contribution in [-0.2, 0) is 0 Å². The van der Waals surface area contributed by atoms with Crippen molar-refractivity contribution in [1.29, 1.82) is 5.26 Å². The molecule has 86 valence electrons. The van der Waals surface area contributed by atoms with E-state index >= 15 is 0 Å². The molecule has 1 rings (SSSR count). The molecule has 16 heavy (non-hydrogen) atoms. The Balaban J connectivity index is 2.65.